The largest absolute Gasteiger partial charge is 0.478 e. The van der Waals surface area contributed by atoms with Crippen molar-refractivity contribution in [1.29, 1.82) is 0 Å². The summed E-state index contributed by atoms with van der Waals surface area (Å²) in [6, 6.07) is 4.53. The maximum atomic E-state index is 11.8. The third kappa shape index (κ3) is 2.33. The molecule has 6 heteroatoms. The van der Waals surface area contributed by atoms with Crippen molar-refractivity contribution in [3.05, 3.63) is 46.5 Å². The molecule has 19 heavy (non-hydrogen) atoms. The highest BCUT2D eigenvalue weighted by molar-refractivity contribution is 6.04. The fourth-order valence-corrected chi connectivity index (χ4v) is 1.68. The minimum atomic E-state index is -1.21. The first kappa shape index (κ1) is 12.8. The van der Waals surface area contributed by atoms with Crippen LogP contribution >= 0.6 is 0 Å². The Bertz CT molecular complexity index is 750. The Hall–Kier alpha value is -2.63. The number of benzene rings is 1. The molecule has 1 N–H and O–H groups in total. The van der Waals surface area contributed by atoms with E-state index in [-0.39, 0.29) is 23.3 Å². The van der Waals surface area contributed by atoms with E-state index < -0.39 is 11.7 Å². The van der Waals surface area contributed by atoms with Gasteiger partial charge in [0.15, 0.2) is 11.4 Å². The standard InChI is InChI=1S/C13H11NO5/c1-7(12(16)17)5-10(15)8-3-4-9-11(6-8)19-13(18)14(9)2/h3-4,6H,1,5H2,2H3,(H,16,17). The summed E-state index contributed by atoms with van der Waals surface area (Å²) in [4.78, 5) is 33.8. The molecule has 0 aliphatic heterocycles. The summed E-state index contributed by atoms with van der Waals surface area (Å²) in [5.41, 5.74) is 0.960. The summed E-state index contributed by atoms with van der Waals surface area (Å²) in [6.07, 6.45) is -0.280. The second-order valence-electron chi connectivity index (χ2n) is 4.12. The van der Waals surface area contributed by atoms with Crippen LogP contribution in [0.15, 0.2) is 39.6 Å². The van der Waals surface area contributed by atoms with E-state index in [1.165, 1.54) is 16.7 Å². The lowest BCUT2D eigenvalue weighted by molar-refractivity contribution is -0.132. The van der Waals surface area contributed by atoms with Gasteiger partial charge in [-0.1, -0.05) is 6.58 Å². The van der Waals surface area contributed by atoms with Gasteiger partial charge in [0.1, 0.15) is 0 Å². The van der Waals surface area contributed by atoms with Crippen LogP contribution < -0.4 is 5.76 Å². The van der Waals surface area contributed by atoms with Gasteiger partial charge in [0, 0.05) is 24.6 Å². The maximum absolute atomic E-state index is 11.8. The molecule has 0 aliphatic carbocycles. The van der Waals surface area contributed by atoms with Crippen LogP contribution in [-0.2, 0) is 11.8 Å². The molecule has 1 heterocycles. The van der Waals surface area contributed by atoms with Crippen LogP contribution in [0.2, 0.25) is 0 Å². The zero-order valence-corrected chi connectivity index (χ0v) is 10.2. The van der Waals surface area contributed by atoms with E-state index in [4.69, 9.17) is 9.52 Å². The fourth-order valence-electron chi connectivity index (χ4n) is 1.68. The first-order valence-electron chi connectivity index (χ1n) is 5.44. The molecule has 0 atom stereocenters. The van der Waals surface area contributed by atoms with Crippen LogP contribution in [-0.4, -0.2) is 21.4 Å². The number of rotatable bonds is 4. The van der Waals surface area contributed by atoms with Gasteiger partial charge in [-0.05, 0) is 18.2 Å². The van der Waals surface area contributed by atoms with E-state index >= 15 is 0 Å². The lowest BCUT2D eigenvalue weighted by Crippen LogP contribution is -2.08. The Morgan fingerprint density at radius 1 is 1.42 bits per heavy atom. The van der Waals surface area contributed by atoms with Crippen LogP contribution in [0.1, 0.15) is 16.8 Å². The van der Waals surface area contributed by atoms with Gasteiger partial charge in [0.25, 0.3) is 0 Å². The Morgan fingerprint density at radius 2 is 2.11 bits per heavy atom. The van der Waals surface area contributed by atoms with Crippen LogP contribution in [0, 0.1) is 0 Å². The molecule has 98 valence electrons. The number of aliphatic carboxylic acids is 1. The average molecular weight is 261 g/mol. The van der Waals surface area contributed by atoms with Gasteiger partial charge < -0.3 is 9.52 Å². The number of hydrogen-bond donors (Lipinski definition) is 1. The summed E-state index contributed by atoms with van der Waals surface area (Å²) >= 11 is 0. The van der Waals surface area contributed by atoms with Gasteiger partial charge in [-0.25, -0.2) is 9.59 Å². The number of aromatic nitrogens is 1. The number of ketones is 1. The predicted octanol–water partition coefficient (Wildman–Crippen LogP) is 1.35. The van der Waals surface area contributed by atoms with E-state index in [0.29, 0.717) is 11.1 Å². The van der Waals surface area contributed by atoms with Crippen molar-refractivity contribution in [3.8, 4) is 0 Å². The third-order valence-electron chi connectivity index (χ3n) is 2.79. The summed E-state index contributed by atoms with van der Waals surface area (Å²) in [5.74, 6) is -2.11. The molecule has 0 saturated heterocycles. The molecule has 0 saturated carbocycles. The number of oxazole rings is 1. The van der Waals surface area contributed by atoms with E-state index in [1.807, 2.05) is 0 Å². The number of Topliss-reactive ketones (excluding diaryl/α,β-unsaturated/α-hetero) is 1. The Balaban J connectivity index is 2.36. The number of nitrogens with zero attached hydrogens (tertiary/aromatic N) is 1. The molecular formula is C13H11NO5. The third-order valence-corrected chi connectivity index (χ3v) is 2.79. The molecule has 0 amide bonds. The van der Waals surface area contributed by atoms with E-state index in [2.05, 4.69) is 6.58 Å². The predicted molar refractivity (Wildman–Crippen MR) is 67.2 cm³/mol. The number of fused-ring (bicyclic) bond motifs is 1. The zero-order valence-electron chi connectivity index (χ0n) is 10.2. The monoisotopic (exact) mass is 261 g/mol. The molecule has 0 radical (unpaired) electrons. The number of aryl methyl sites for hydroxylation is 1. The van der Waals surface area contributed by atoms with E-state index in [9.17, 15) is 14.4 Å². The molecule has 0 fully saturated rings. The quantitative estimate of drug-likeness (QED) is 0.662. The van der Waals surface area contributed by atoms with Gasteiger partial charge in [0.2, 0.25) is 0 Å². The summed E-state index contributed by atoms with van der Waals surface area (Å²) in [5, 5.41) is 8.67. The van der Waals surface area contributed by atoms with Crippen LogP contribution in [0.25, 0.3) is 11.1 Å². The normalized spacial score (nSPS) is 10.6. The van der Waals surface area contributed by atoms with Gasteiger partial charge >= 0.3 is 11.7 Å². The highest BCUT2D eigenvalue weighted by Gasteiger charge is 2.14. The molecule has 2 rings (SSSR count). The van der Waals surface area contributed by atoms with E-state index in [1.54, 1.807) is 13.1 Å². The fraction of sp³-hybridized carbons (Fsp3) is 0.154. The Morgan fingerprint density at radius 3 is 2.74 bits per heavy atom. The highest BCUT2D eigenvalue weighted by Crippen LogP contribution is 2.16. The first-order valence-corrected chi connectivity index (χ1v) is 5.44. The second-order valence-corrected chi connectivity index (χ2v) is 4.12. The van der Waals surface area contributed by atoms with Gasteiger partial charge in [0.05, 0.1) is 5.52 Å². The number of carboxylic acid groups (broad SMARTS) is 1. The van der Waals surface area contributed by atoms with Crippen molar-refractivity contribution >= 4 is 22.9 Å². The average Bonchev–Trinajstić information content (AvgIpc) is 2.64. The van der Waals surface area contributed by atoms with Crippen LogP contribution in [0.5, 0.6) is 0 Å². The van der Waals surface area contributed by atoms with Crippen molar-refractivity contribution in [3.63, 3.8) is 0 Å². The molecule has 0 unspecified atom stereocenters. The minimum absolute atomic E-state index is 0.181. The molecule has 0 aliphatic rings. The van der Waals surface area contributed by atoms with Crippen LogP contribution in [0.3, 0.4) is 0 Å². The molecule has 1 aromatic carbocycles. The lowest BCUT2D eigenvalue weighted by atomic mass is 10.0. The zero-order chi connectivity index (χ0) is 14.2. The van der Waals surface area contributed by atoms with Crippen molar-refractivity contribution in [2.75, 3.05) is 0 Å². The number of carbonyl (C=O) groups is 2. The smallest absolute Gasteiger partial charge is 0.419 e. The molecule has 0 bridgehead atoms. The number of hydrogen-bond acceptors (Lipinski definition) is 4. The minimum Gasteiger partial charge on any atom is -0.478 e. The Kier molecular flexibility index (Phi) is 3.08. The van der Waals surface area contributed by atoms with Crippen molar-refractivity contribution in [2.24, 2.45) is 7.05 Å². The number of carbonyl (C=O) groups excluding carboxylic acids is 1. The maximum Gasteiger partial charge on any atom is 0.419 e. The lowest BCUT2D eigenvalue weighted by Gasteiger charge is -2.01. The summed E-state index contributed by atoms with van der Waals surface area (Å²) in [6.45, 7) is 3.30. The van der Waals surface area contributed by atoms with Crippen molar-refractivity contribution < 1.29 is 19.1 Å². The molecule has 2 aromatic rings. The van der Waals surface area contributed by atoms with Crippen molar-refractivity contribution in [2.45, 2.75) is 6.42 Å². The second kappa shape index (κ2) is 4.56. The first-order chi connectivity index (χ1) is 8.90. The summed E-state index contributed by atoms with van der Waals surface area (Å²) < 4.78 is 6.28. The summed E-state index contributed by atoms with van der Waals surface area (Å²) in [7, 11) is 1.56. The number of carboxylic acids is 1. The van der Waals surface area contributed by atoms with Gasteiger partial charge in [-0.3, -0.25) is 9.36 Å². The van der Waals surface area contributed by atoms with Gasteiger partial charge in [-0.15, -0.1) is 0 Å². The van der Waals surface area contributed by atoms with Crippen LogP contribution in [0.4, 0.5) is 0 Å². The van der Waals surface area contributed by atoms with E-state index in [0.717, 1.165) is 0 Å². The highest BCUT2D eigenvalue weighted by atomic mass is 16.4. The van der Waals surface area contributed by atoms with Crippen molar-refractivity contribution in [1.82, 2.24) is 4.57 Å². The molecule has 1 aromatic heterocycles. The molecule has 0 spiro atoms. The Labute approximate surface area is 107 Å². The molecule has 6 nitrogen and oxygen atoms in total. The SMILES string of the molecule is C=C(CC(=O)c1ccc2c(c1)oc(=O)n2C)C(=O)O. The van der Waals surface area contributed by atoms with Gasteiger partial charge in [-0.2, -0.15) is 0 Å². The topological polar surface area (TPSA) is 89.5 Å². The molecular weight excluding hydrogens is 250 g/mol.